The molecule has 0 aliphatic carbocycles. The summed E-state index contributed by atoms with van der Waals surface area (Å²) in [5.74, 6) is -0.854. The highest BCUT2D eigenvalue weighted by Crippen LogP contribution is 2.21. The molecule has 0 aliphatic rings. The number of hydrogen-bond acceptors (Lipinski definition) is 3. The minimum absolute atomic E-state index is 0.0372. The number of amides is 1. The summed E-state index contributed by atoms with van der Waals surface area (Å²) in [4.78, 5) is 23.9. The van der Waals surface area contributed by atoms with Gasteiger partial charge in [0.15, 0.2) is 6.61 Å². The number of nitrogens with one attached hydrogen (secondary N) is 1. The molecule has 2 aromatic carbocycles. The van der Waals surface area contributed by atoms with E-state index in [1.165, 1.54) is 0 Å². The molecule has 0 fully saturated rings. The number of halogens is 1. The first kappa shape index (κ1) is 18.0. The van der Waals surface area contributed by atoms with Gasteiger partial charge in [-0.2, -0.15) is 0 Å². The van der Waals surface area contributed by atoms with Crippen molar-refractivity contribution in [3.05, 3.63) is 63.7 Å². The maximum Gasteiger partial charge on any atom is 0.310 e. The lowest BCUT2D eigenvalue weighted by Crippen LogP contribution is -2.22. The largest absolute Gasteiger partial charge is 0.455 e. The van der Waals surface area contributed by atoms with Crippen molar-refractivity contribution in [1.29, 1.82) is 0 Å². The van der Waals surface area contributed by atoms with Crippen LogP contribution in [0.3, 0.4) is 0 Å². The highest BCUT2D eigenvalue weighted by atomic mass is 35.5. The quantitative estimate of drug-likeness (QED) is 0.833. The SMILES string of the molecule is Cc1cc(C)c(NC(=O)COC(=O)Cc2ccccc2Cl)c(C)c1. The van der Waals surface area contributed by atoms with Crippen molar-refractivity contribution in [2.45, 2.75) is 27.2 Å². The molecule has 0 radical (unpaired) electrons. The van der Waals surface area contributed by atoms with E-state index < -0.39 is 5.97 Å². The Morgan fingerprint density at radius 2 is 1.71 bits per heavy atom. The van der Waals surface area contributed by atoms with Gasteiger partial charge in [-0.25, -0.2) is 0 Å². The van der Waals surface area contributed by atoms with E-state index >= 15 is 0 Å². The molecular formula is C19H20ClNO3. The van der Waals surface area contributed by atoms with E-state index in [2.05, 4.69) is 5.32 Å². The van der Waals surface area contributed by atoms with E-state index in [4.69, 9.17) is 16.3 Å². The third-order valence-electron chi connectivity index (χ3n) is 3.60. The van der Waals surface area contributed by atoms with Crippen LogP contribution < -0.4 is 5.32 Å². The van der Waals surface area contributed by atoms with Crippen LogP contribution in [0.4, 0.5) is 5.69 Å². The summed E-state index contributed by atoms with van der Waals surface area (Å²) in [6, 6.07) is 11.0. The molecule has 1 N–H and O–H groups in total. The first-order valence-corrected chi connectivity index (χ1v) is 8.01. The molecule has 24 heavy (non-hydrogen) atoms. The first-order valence-electron chi connectivity index (χ1n) is 7.63. The number of benzene rings is 2. The van der Waals surface area contributed by atoms with E-state index in [1.54, 1.807) is 24.3 Å². The Balaban J connectivity index is 1.90. The summed E-state index contributed by atoms with van der Waals surface area (Å²) in [5.41, 5.74) is 4.52. The maximum atomic E-state index is 12.0. The van der Waals surface area contributed by atoms with Gasteiger partial charge in [0, 0.05) is 10.7 Å². The van der Waals surface area contributed by atoms with Crippen LogP contribution in [0.1, 0.15) is 22.3 Å². The average molecular weight is 346 g/mol. The molecule has 0 atom stereocenters. The Morgan fingerprint density at radius 3 is 2.33 bits per heavy atom. The van der Waals surface area contributed by atoms with Crippen LogP contribution >= 0.6 is 11.6 Å². The van der Waals surface area contributed by atoms with Gasteiger partial charge in [-0.3, -0.25) is 9.59 Å². The molecule has 2 aromatic rings. The van der Waals surface area contributed by atoms with Crippen LogP contribution in [-0.2, 0) is 20.7 Å². The van der Waals surface area contributed by atoms with Gasteiger partial charge in [-0.15, -0.1) is 0 Å². The predicted molar refractivity (Wildman–Crippen MR) is 95.4 cm³/mol. The summed E-state index contributed by atoms with van der Waals surface area (Å²) < 4.78 is 5.03. The summed E-state index contributed by atoms with van der Waals surface area (Å²) in [6.07, 6.45) is 0.0372. The normalized spacial score (nSPS) is 10.3. The molecule has 2 rings (SSSR count). The summed E-state index contributed by atoms with van der Waals surface area (Å²) in [6.45, 7) is 5.54. The van der Waals surface area contributed by atoms with Crippen molar-refractivity contribution in [1.82, 2.24) is 0 Å². The predicted octanol–water partition coefficient (Wildman–Crippen LogP) is 3.99. The molecule has 0 saturated heterocycles. The van der Waals surface area contributed by atoms with Crippen molar-refractivity contribution in [2.24, 2.45) is 0 Å². The van der Waals surface area contributed by atoms with Gasteiger partial charge in [0.05, 0.1) is 6.42 Å². The highest BCUT2D eigenvalue weighted by Gasteiger charge is 2.12. The number of carbonyl (C=O) groups excluding carboxylic acids is 2. The summed E-state index contributed by atoms with van der Waals surface area (Å²) in [5, 5.41) is 3.30. The number of ether oxygens (including phenoxy) is 1. The van der Waals surface area contributed by atoms with Gasteiger partial charge >= 0.3 is 5.97 Å². The minimum atomic E-state index is -0.490. The highest BCUT2D eigenvalue weighted by molar-refractivity contribution is 6.31. The second kappa shape index (κ2) is 7.97. The van der Waals surface area contributed by atoms with Crippen LogP contribution in [-0.4, -0.2) is 18.5 Å². The second-order valence-electron chi connectivity index (χ2n) is 5.75. The van der Waals surface area contributed by atoms with Crippen molar-refractivity contribution in [3.63, 3.8) is 0 Å². The third-order valence-corrected chi connectivity index (χ3v) is 3.97. The van der Waals surface area contributed by atoms with Gasteiger partial charge in [0.1, 0.15) is 0 Å². The maximum absolute atomic E-state index is 12.0. The van der Waals surface area contributed by atoms with Gasteiger partial charge in [-0.1, -0.05) is 47.5 Å². The molecule has 0 unspecified atom stereocenters. The van der Waals surface area contributed by atoms with Crippen molar-refractivity contribution in [3.8, 4) is 0 Å². The molecule has 5 heteroatoms. The van der Waals surface area contributed by atoms with Crippen molar-refractivity contribution < 1.29 is 14.3 Å². The molecule has 0 aliphatic heterocycles. The van der Waals surface area contributed by atoms with Crippen LogP contribution in [0.25, 0.3) is 0 Å². The van der Waals surface area contributed by atoms with Gasteiger partial charge < -0.3 is 10.1 Å². The molecule has 0 saturated carbocycles. The average Bonchev–Trinajstić information content (AvgIpc) is 2.51. The van der Waals surface area contributed by atoms with Crippen LogP contribution in [0.5, 0.6) is 0 Å². The number of hydrogen-bond donors (Lipinski definition) is 1. The summed E-state index contributed by atoms with van der Waals surface area (Å²) >= 11 is 6.00. The number of esters is 1. The molecule has 0 spiro atoms. The van der Waals surface area contributed by atoms with Crippen molar-refractivity contribution in [2.75, 3.05) is 11.9 Å². The fourth-order valence-electron chi connectivity index (χ4n) is 2.55. The standard InChI is InChI=1S/C19H20ClNO3/c1-12-8-13(2)19(14(3)9-12)21-17(22)11-24-18(23)10-15-6-4-5-7-16(15)20/h4-9H,10-11H2,1-3H3,(H,21,22). The molecular weight excluding hydrogens is 326 g/mol. The smallest absolute Gasteiger partial charge is 0.310 e. The minimum Gasteiger partial charge on any atom is -0.455 e. The third kappa shape index (κ3) is 4.83. The topological polar surface area (TPSA) is 55.4 Å². The Kier molecular flexibility index (Phi) is 5.99. The van der Waals surface area contributed by atoms with Crippen LogP contribution in [0, 0.1) is 20.8 Å². The molecule has 126 valence electrons. The Bertz CT molecular complexity index is 748. The number of aryl methyl sites for hydroxylation is 3. The van der Waals surface area contributed by atoms with E-state index in [1.807, 2.05) is 32.9 Å². The number of anilines is 1. The second-order valence-corrected chi connectivity index (χ2v) is 6.16. The lowest BCUT2D eigenvalue weighted by atomic mass is 10.1. The first-order chi connectivity index (χ1) is 11.4. The molecule has 4 nitrogen and oxygen atoms in total. The van der Waals surface area contributed by atoms with E-state index in [9.17, 15) is 9.59 Å². The molecule has 0 bridgehead atoms. The zero-order valence-electron chi connectivity index (χ0n) is 14.0. The lowest BCUT2D eigenvalue weighted by Gasteiger charge is -2.13. The van der Waals surface area contributed by atoms with E-state index in [0.29, 0.717) is 10.6 Å². The van der Waals surface area contributed by atoms with E-state index in [-0.39, 0.29) is 18.9 Å². The Labute approximate surface area is 146 Å². The van der Waals surface area contributed by atoms with Crippen LogP contribution in [0.15, 0.2) is 36.4 Å². The molecule has 0 heterocycles. The van der Waals surface area contributed by atoms with Gasteiger partial charge in [0.2, 0.25) is 0 Å². The fourth-order valence-corrected chi connectivity index (χ4v) is 2.75. The van der Waals surface area contributed by atoms with Gasteiger partial charge in [-0.05, 0) is 43.5 Å². The molecule has 0 aromatic heterocycles. The monoisotopic (exact) mass is 345 g/mol. The zero-order valence-corrected chi connectivity index (χ0v) is 14.7. The number of rotatable bonds is 5. The van der Waals surface area contributed by atoms with Gasteiger partial charge in [0.25, 0.3) is 5.91 Å². The fraction of sp³-hybridized carbons (Fsp3) is 0.263. The van der Waals surface area contributed by atoms with E-state index in [0.717, 1.165) is 22.4 Å². The van der Waals surface area contributed by atoms with Crippen molar-refractivity contribution >= 4 is 29.2 Å². The Morgan fingerprint density at radius 1 is 1.08 bits per heavy atom. The lowest BCUT2D eigenvalue weighted by molar-refractivity contribution is -0.146. The summed E-state index contributed by atoms with van der Waals surface area (Å²) in [7, 11) is 0. The molecule has 1 amide bonds. The Hall–Kier alpha value is -2.33. The number of carbonyl (C=O) groups is 2. The zero-order chi connectivity index (χ0) is 17.7. The van der Waals surface area contributed by atoms with Crippen LogP contribution in [0.2, 0.25) is 5.02 Å².